The number of rotatable bonds is 5. The Morgan fingerprint density at radius 3 is 2.69 bits per heavy atom. The summed E-state index contributed by atoms with van der Waals surface area (Å²) in [5.74, 6) is 0. The average molecular weight is 293 g/mol. The first kappa shape index (κ1) is 13.4. The zero-order chi connectivity index (χ0) is 12.1. The number of halogens is 3. The number of nitrogens with zero attached hydrogens (tertiary/aromatic N) is 1. The monoisotopic (exact) mass is 292 g/mol. The van der Waals surface area contributed by atoms with Crippen LogP contribution in [0.15, 0.2) is 22.7 Å². The van der Waals surface area contributed by atoms with Crippen molar-refractivity contribution in [1.29, 1.82) is 0 Å². The quantitative estimate of drug-likeness (QED) is 0.904. The van der Waals surface area contributed by atoms with Crippen LogP contribution in [0.4, 0.5) is 14.5 Å². The molecule has 2 N–H and O–H groups in total. The van der Waals surface area contributed by atoms with Gasteiger partial charge in [0.2, 0.25) is 0 Å². The molecular formula is C11H15BrF2N2. The van der Waals surface area contributed by atoms with Crippen molar-refractivity contribution in [2.75, 3.05) is 25.0 Å². The van der Waals surface area contributed by atoms with E-state index in [1.54, 1.807) is 11.9 Å². The lowest BCUT2D eigenvalue weighted by atomic mass is 10.1. The Labute approximate surface area is 103 Å². The van der Waals surface area contributed by atoms with Crippen molar-refractivity contribution in [3.05, 3.63) is 28.2 Å². The molecule has 0 radical (unpaired) electrons. The topological polar surface area (TPSA) is 29.3 Å². The second kappa shape index (κ2) is 6.15. The molecular weight excluding hydrogens is 278 g/mol. The molecule has 0 heterocycles. The number of alkyl halides is 2. The highest BCUT2D eigenvalue weighted by Crippen LogP contribution is 2.25. The van der Waals surface area contributed by atoms with Gasteiger partial charge in [-0.1, -0.05) is 22.0 Å². The van der Waals surface area contributed by atoms with E-state index in [2.05, 4.69) is 15.9 Å². The summed E-state index contributed by atoms with van der Waals surface area (Å²) in [4.78, 5) is 1.56. The van der Waals surface area contributed by atoms with Gasteiger partial charge in [0.05, 0.1) is 6.54 Å². The Morgan fingerprint density at radius 2 is 2.12 bits per heavy atom. The van der Waals surface area contributed by atoms with E-state index < -0.39 is 6.43 Å². The van der Waals surface area contributed by atoms with Crippen molar-refractivity contribution in [2.45, 2.75) is 12.8 Å². The van der Waals surface area contributed by atoms with Crippen molar-refractivity contribution in [2.24, 2.45) is 5.73 Å². The zero-order valence-corrected chi connectivity index (χ0v) is 10.7. The SMILES string of the molecule is CN(CC(F)F)c1cc(Br)ccc1CCN. The molecule has 0 saturated carbocycles. The Hall–Kier alpha value is -0.680. The van der Waals surface area contributed by atoms with Crippen LogP contribution in [0.2, 0.25) is 0 Å². The molecule has 1 aromatic rings. The molecule has 0 bridgehead atoms. The summed E-state index contributed by atoms with van der Waals surface area (Å²) in [6.07, 6.45) is -1.65. The Kier molecular flexibility index (Phi) is 5.15. The average Bonchev–Trinajstić information content (AvgIpc) is 2.20. The molecule has 0 unspecified atom stereocenters. The van der Waals surface area contributed by atoms with Crippen LogP contribution in [-0.2, 0) is 6.42 Å². The molecule has 16 heavy (non-hydrogen) atoms. The third kappa shape index (κ3) is 3.72. The minimum Gasteiger partial charge on any atom is -0.369 e. The van der Waals surface area contributed by atoms with Gasteiger partial charge in [-0.25, -0.2) is 8.78 Å². The summed E-state index contributed by atoms with van der Waals surface area (Å²) in [6, 6.07) is 5.65. The summed E-state index contributed by atoms with van der Waals surface area (Å²) in [6.45, 7) is 0.241. The number of anilines is 1. The lowest BCUT2D eigenvalue weighted by Gasteiger charge is -2.22. The first-order valence-corrected chi connectivity index (χ1v) is 5.81. The zero-order valence-electron chi connectivity index (χ0n) is 9.09. The molecule has 1 rings (SSSR count). The Morgan fingerprint density at radius 1 is 1.44 bits per heavy atom. The highest BCUT2D eigenvalue weighted by atomic mass is 79.9. The third-order valence-corrected chi connectivity index (χ3v) is 2.78. The highest BCUT2D eigenvalue weighted by molar-refractivity contribution is 9.10. The second-order valence-electron chi connectivity index (χ2n) is 3.58. The van der Waals surface area contributed by atoms with Gasteiger partial charge in [-0.2, -0.15) is 0 Å². The summed E-state index contributed by atoms with van der Waals surface area (Å²) in [5, 5.41) is 0. The molecule has 0 aromatic heterocycles. The molecule has 0 fully saturated rings. The van der Waals surface area contributed by atoms with Crippen molar-refractivity contribution >= 4 is 21.6 Å². The maximum Gasteiger partial charge on any atom is 0.255 e. The van der Waals surface area contributed by atoms with Gasteiger partial charge in [0.1, 0.15) is 0 Å². The number of nitrogens with two attached hydrogens (primary N) is 1. The first-order chi connectivity index (χ1) is 7.54. The van der Waals surface area contributed by atoms with Crippen LogP contribution < -0.4 is 10.6 Å². The van der Waals surface area contributed by atoms with Crippen LogP contribution in [0.5, 0.6) is 0 Å². The van der Waals surface area contributed by atoms with Crippen LogP contribution >= 0.6 is 15.9 Å². The molecule has 5 heteroatoms. The smallest absolute Gasteiger partial charge is 0.255 e. The molecule has 0 atom stereocenters. The summed E-state index contributed by atoms with van der Waals surface area (Å²) < 4.78 is 25.5. The van der Waals surface area contributed by atoms with E-state index in [1.165, 1.54) is 0 Å². The normalized spacial score (nSPS) is 10.9. The number of hydrogen-bond acceptors (Lipinski definition) is 2. The van der Waals surface area contributed by atoms with E-state index >= 15 is 0 Å². The Bertz CT molecular complexity index is 345. The van der Waals surface area contributed by atoms with E-state index in [4.69, 9.17) is 5.73 Å². The van der Waals surface area contributed by atoms with Crippen LogP contribution in [0.25, 0.3) is 0 Å². The molecule has 0 spiro atoms. The highest BCUT2D eigenvalue weighted by Gasteiger charge is 2.12. The van der Waals surface area contributed by atoms with E-state index in [9.17, 15) is 8.78 Å². The molecule has 0 aliphatic heterocycles. The lowest BCUT2D eigenvalue weighted by molar-refractivity contribution is 0.156. The van der Waals surface area contributed by atoms with Gasteiger partial charge in [0.15, 0.2) is 0 Å². The van der Waals surface area contributed by atoms with Crippen molar-refractivity contribution in [3.8, 4) is 0 Å². The molecule has 0 aliphatic rings. The first-order valence-electron chi connectivity index (χ1n) is 5.02. The van der Waals surface area contributed by atoms with Gasteiger partial charge in [0, 0.05) is 17.2 Å². The Balaban J connectivity index is 2.94. The van der Waals surface area contributed by atoms with E-state index in [1.807, 2.05) is 18.2 Å². The lowest BCUT2D eigenvalue weighted by Crippen LogP contribution is -2.25. The van der Waals surface area contributed by atoms with Crippen LogP contribution in [0.3, 0.4) is 0 Å². The van der Waals surface area contributed by atoms with Gasteiger partial charge in [-0.05, 0) is 30.7 Å². The van der Waals surface area contributed by atoms with E-state index in [0.717, 1.165) is 15.7 Å². The number of hydrogen-bond donors (Lipinski definition) is 1. The fourth-order valence-electron chi connectivity index (χ4n) is 1.56. The van der Waals surface area contributed by atoms with Crippen LogP contribution in [-0.4, -0.2) is 26.6 Å². The molecule has 0 aliphatic carbocycles. The van der Waals surface area contributed by atoms with Crippen molar-refractivity contribution in [1.82, 2.24) is 0 Å². The van der Waals surface area contributed by atoms with Gasteiger partial charge in [-0.15, -0.1) is 0 Å². The molecule has 90 valence electrons. The predicted molar refractivity (Wildman–Crippen MR) is 66.2 cm³/mol. The third-order valence-electron chi connectivity index (χ3n) is 2.28. The van der Waals surface area contributed by atoms with Gasteiger partial charge in [-0.3, -0.25) is 0 Å². The fraction of sp³-hybridized carbons (Fsp3) is 0.455. The van der Waals surface area contributed by atoms with Crippen LogP contribution in [0.1, 0.15) is 5.56 Å². The van der Waals surface area contributed by atoms with Crippen molar-refractivity contribution in [3.63, 3.8) is 0 Å². The molecule has 2 nitrogen and oxygen atoms in total. The fourth-order valence-corrected chi connectivity index (χ4v) is 1.91. The second-order valence-corrected chi connectivity index (χ2v) is 4.50. The number of benzene rings is 1. The van der Waals surface area contributed by atoms with E-state index in [0.29, 0.717) is 13.0 Å². The molecule has 0 amide bonds. The minimum atomic E-state index is -2.34. The largest absolute Gasteiger partial charge is 0.369 e. The van der Waals surface area contributed by atoms with Gasteiger partial charge >= 0.3 is 0 Å². The van der Waals surface area contributed by atoms with Crippen LogP contribution in [0, 0.1) is 0 Å². The van der Waals surface area contributed by atoms with E-state index in [-0.39, 0.29) is 6.54 Å². The van der Waals surface area contributed by atoms with Gasteiger partial charge in [0.25, 0.3) is 6.43 Å². The predicted octanol–water partition coefficient (Wildman–Crippen LogP) is 2.65. The summed E-state index contributed by atoms with van der Waals surface area (Å²) in [5.41, 5.74) is 7.29. The summed E-state index contributed by atoms with van der Waals surface area (Å²) >= 11 is 3.34. The maximum atomic E-state index is 12.3. The van der Waals surface area contributed by atoms with Gasteiger partial charge < -0.3 is 10.6 Å². The maximum absolute atomic E-state index is 12.3. The molecule has 1 aromatic carbocycles. The standard InChI is InChI=1S/C11H15BrF2N2/c1-16(7-11(13)14)10-6-9(12)3-2-8(10)4-5-15/h2-3,6,11H,4-5,7,15H2,1H3. The minimum absolute atomic E-state index is 0.270. The molecule has 0 saturated heterocycles. The summed E-state index contributed by atoms with van der Waals surface area (Å²) in [7, 11) is 1.66. The van der Waals surface area contributed by atoms with Crippen molar-refractivity contribution < 1.29 is 8.78 Å².